The highest BCUT2D eigenvalue weighted by atomic mass is 28.3. The zero-order valence-corrected chi connectivity index (χ0v) is 32.0. The molecule has 0 atom stereocenters. The molecule has 4 heteroatoms. The average molecular weight is 742 g/mol. The second kappa shape index (κ2) is 13.5. The van der Waals surface area contributed by atoms with Crippen LogP contribution in [0.4, 0.5) is 0 Å². The molecule has 57 heavy (non-hydrogen) atoms. The zero-order valence-electron chi connectivity index (χ0n) is 31.0. The van der Waals surface area contributed by atoms with Gasteiger partial charge in [-0.25, -0.2) is 15.0 Å². The predicted octanol–water partition coefficient (Wildman–Crippen LogP) is 10.2. The molecule has 10 aromatic rings. The SMILES string of the molecule is c1ccc(-c2nc(-c3ccccc3)nc(-c3cccc(-c4ccc5c(c4)[Si](c4ccccc4)(c4ccccc4)c4c-5c5ccccc5c5ccccc45)c3)n2)cc1. The van der Waals surface area contributed by atoms with Crippen molar-refractivity contribution in [3.63, 3.8) is 0 Å². The Morgan fingerprint density at radius 1 is 0.298 bits per heavy atom. The van der Waals surface area contributed by atoms with Crippen molar-refractivity contribution in [2.24, 2.45) is 0 Å². The Balaban J connectivity index is 1.16. The van der Waals surface area contributed by atoms with Crippen molar-refractivity contribution in [1.82, 2.24) is 15.0 Å². The number of rotatable bonds is 6. The van der Waals surface area contributed by atoms with E-state index in [0.29, 0.717) is 17.5 Å². The summed E-state index contributed by atoms with van der Waals surface area (Å²) in [5, 5.41) is 10.9. The second-order valence-corrected chi connectivity index (χ2v) is 18.4. The minimum absolute atomic E-state index is 0.647. The van der Waals surface area contributed by atoms with Crippen LogP contribution in [0.25, 0.3) is 78.0 Å². The first-order valence-corrected chi connectivity index (χ1v) is 21.4. The highest BCUT2D eigenvalue weighted by molar-refractivity contribution is 7.23. The molecule has 9 aromatic carbocycles. The summed E-state index contributed by atoms with van der Waals surface area (Å²) in [4.78, 5) is 15.1. The van der Waals surface area contributed by atoms with E-state index >= 15 is 0 Å². The van der Waals surface area contributed by atoms with E-state index in [1.807, 2.05) is 36.4 Å². The first-order chi connectivity index (χ1) is 28.3. The molecule has 0 aliphatic carbocycles. The molecule has 1 aliphatic rings. The summed E-state index contributed by atoms with van der Waals surface area (Å²) in [7, 11) is -2.87. The third-order valence-electron chi connectivity index (χ3n) is 11.6. The van der Waals surface area contributed by atoms with Crippen molar-refractivity contribution < 1.29 is 0 Å². The van der Waals surface area contributed by atoms with Crippen molar-refractivity contribution >= 4 is 50.4 Å². The van der Waals surface area contributed by atoms with E-state index in [0.717, 1.165) is 22.3 Å². The predicted molar refractivity (Wildman–Crippen MR) is 239 cm³/mol. The van der Waals surface area contributed by atoms with Crippen LogP contribution in [0, 0.1) is 0 Å². The van der Waals surface area contributed by atoms with Gasteiger partial charge in [-0.3, -0.25) is 0 Å². The lowest BCUT2D eigenvalue weighted by molar-refractivity contribution is 1.07. The van der Waals surface area contributed by atoms with Gasteiger partial charge in [0.1, 0.15) is 0 Å². The molecular weight excluding hydrogens is 707 g/mol. The maximum absolute atomic E-state index is 5.06. The Morgan fingerprint density at radius 2 is 0.719 bits per heavy atom. The van der Waals surface area contributed by atoms with Crippen LogP contribution in [0.5, 0.6) is 0 Å². The Hall–Kier alpha value is -7.27. The smallest absolute Gasteiger partial charge is 0.181 e. The molecule has 266 valence electrons. The van der Waals surface area contributed by atoms with Gasteiger partial charge in [-0.1, -0.05) is 206 Å². The van der Waals surface area contributed by atoms with E-state index in [1.54, 1.807) is 0 Å². The van der Waals surface area contributed by atoms with Crippen LogP contribution in [0.2, 0.25) is 0 Å². The fourth-order valence-corrected chi connectivity index (χ4v) is 14.6. The largest absolute Gasteiger partial charge is 0.208 e. The molecule has 0 saturated heterocycles. The van der Waals surface area contributed by atoms with Gasteiger partial charge in [-0.05, 0) is 70.6 Å². The molecule has 0 spiro atoms. The average Bonchev–Trinajstić information content (AvgIpc) is 3.62. The number of nitrogens with zero attached hydrogens (tertiary/aromatic N) is 3. The molecule has 0 radical (unpaired) electrons. The minimum atomic E-state index is -2.87. The molecule has 11 rings (SSSR count). The number of hydrogen-bond donors (Lipinski definition) is 0. The summed E-state index contributed by atoms with van der Waals surface area (Å²) in [6.45, 7) is 0. The van der Waals surface area contributed by atoms with Crippen molar-refractivity contribution in [3.05, 3.63) is 212 Å². The number of fused-ring (bicyclic) bond motifs is 8. The number of aromatic nitrogens is 3. The van der Waals surface area contributed by atoms with Gasteiger partial charge < -0.3 is 0 Å². The Kier molecular flexibility index (Phi) is 7.83. The molecule has 0 saturated carbocycles. The molecule has 3 nitrogen and oxygen atoms in total. The highest BCUT2D eigenvalue weighted by Gasteiger charge is 2.50. The van der Waals surface area contributed by atoms with Gasteiger partial charge in [-0.15, -0.1) is 0 Å². The molecule has 0 fully saturated rings. The molecule has 1 aliphatic heterocycles. The molecule has 0 amide bonds. The maximum atomic E-state index is 5.06. The van der Waals surface area contributed by atoms with E-state index in [-0.39, 0.29) is 0 Å². The van der Waals surface area contributed by atoms with Gasteiger partial charge in [0, 0.05) is 16.7 Å². The first kappa shape index (κ1) is 33.1. The van der Waals surface area contributed by atoms with E-state index in [1.165, 1.54) is 59.0 Å². The Bertz CT molecular complexity index is 3010. The summed E-state index contributed by atoms with van der Waals surface area (Å²) in [5.74, 6) is 1.95. The van der Waals surface area contributed by atoms with Gasteiger partial charge >= 0.3 is 0 Å². The van der Waals surface area contributed by atoms with Crippen molar-refractivity contribution in [2.75, 3.05) is 0 Å². The molecule has 1 aromatic heterocycles. The van der Waals surface area contributed by atoms with Crippen LogP contribution in [-0.2, 0) is 0 Å². The van der Waals surface area contributed by atoms with Crippen LogP contribution < -0.4 is 20.7 Å². The second-order valence-electron chi connectivity index (χ2n) is 14.7. The van der Waals surface area contributed by atoms with Crippen LogP contribution in [0.1, 0.15) is 0 Å². The van der Waals surface area contributed by atoms with Gasteiger partial charge in [0.15, 0.2) is 25.5 Å². The van der Waals surface area contributed by atoms with Crippen molar-refractivity contribution in [3.8, 4) is 56.4 Å². The molecular formula is C53H35N3Si. The lowest BCUT2D eigenvalue weighted by Gasteiger charge is -2.32. The van der Waals surface area contributed by atoms with Crippen LogP contribution in [0.3, 0.4) is 0 Å². The minimum Gasteiger partial charge on any atom is -0.208 e. The maximum Gasteiger partial charge on any atom is 0.181 e. The quantitative estimate of drug-likeness (QED) is 0.126. The Morgan fingerprint density at radius 3 is 1.30 bits per heavy atom. The highest BCUT2D eigenvalue weighted by Crippen LogP contribution is 2.40. The summed E-state index contributed by atoms with van der Waals surface area (Å²) in [5.41, 5.74) is 7.83. The van der Waals surface area contributed by atoms with Crippen molar-refractivity contribution in [1.29, 1.82) is 0 Å². The molecule has 0 unspecified atom stereocenters. The van der Waals surface area contributed by atoms with E-state index < -0.39 is 8.07 Å². The fourth-order valence-electron chi connectivity index (χ4n) is 9.12. The standard InChI is InChI=1S/C53H35N3Si/c1-5-18-36(19-6-1)51-54-52(37-20-7-2-8-21-37)56-53(55-51)40-23-17-22-38(34-40)39-32-33-47-48(35-39)57(41-24-9-3-10-25-41,42-26-11-4-12-27-42)50-46-31-16-14-29-44(46)43-28-13-15-30-45(43)49(47)50/h1-35H. The van der Waals surface area contributed by atoms with E-state index in [4.69, 9.17) is 15.0 Å². The van der Waals surface area contributed by atoms with Gasteiger partial charge in [0.25, 0.3) is 0 Å². The summed E-state index contributed by atoms with van der Waals surface area (Å²) >= 11 is 0. The van der Waals surface area contributed by atoms with E-state index in [9.17, 15) is 0 Å². The molecule has 0 N–H and O–H groups in total. The molecule has 0 bridgehead atoms. The zero-order chi connectivity index (χ0) is 37.8. The van der Waals surface area contributed by atoms with Gasteiger partial charge in [0.2, 0.25) is 0 Å². The fraction of sp³-hybridized carbons (Fsp3) is 0. The van der Waals surface area contributed by atoms with E-state index in [2.05, 4.69) is 176 Å². The Labute approximate surface area is 332 Å². The normalized spacial score (nSPS) is 12.7. The van der Waals surface area contributed by atoms with Gasteiger partial charge in [0.05, 0.1) is 0 Å². The molecule has 2 heterocycles. The first-order valence-electron chi connectivity index (χ1n) is 19.4. The summed E-state index contributed by atoms with van der Waals surface area (Å²) < 4.78 is 0. The third-order valence-corrected chi connectivity index (χ3v) is 16.5. The van der Waals surface area contributed by atoms with Crippen LogP contribution in [-0.4, -0.2) is 23.0 Å². The van der Waals surface area contributed by atoms with Gasteiger partial charge in [-0.2, -0.15) is 0 Å². The number of hydrogen-bond acceptors (Lipinski definition) is 3. The van der Waals surface area contributed by atoms with Crippen LogP contribution in [0.15, 0.2) is 212 Å². The summed E-state index contributed by atoms with van der Waals surface area (Å²) in [6, 6.07) is 76.8. The summed E-state index contributed by atoms with van der Waals surface area (Å²) in [6.07, 6.45) is 0. The lowest BCUT2D eigenvalue weighted by Crippen LogP contribution is -2.73. The number of benzene rings is 9. The van der Waals surface area contributed by atoms with Crippen LogP contribution >= 0.6 is 0 Å². The topological polar surface area (TPSA) is 38.7 Å². The monoisotopic (exact) mass is 741 g/mol. The van der Waals surface area contributed by atoms with Crippen molar-refractivity contribution in [2.45, 2.75) is 0 Å². The third kappa shape index (κ3) is 5.30. The lowest BCUT2D eigenvalue weighted by atomic mass is 9.92.